The molecule has 1 N–H and O–H groups in total. The smallest absolute Gasteiger partial charge is 0.00791 e. The van der Waals surface area contributed by atoms with Gasteiger partial charge in [0.25, 0.3) is 0 Å². The molecular formula is C17H27N. The molecule has 1 aromatic carbocycles. The van der Waals surface area contributed by atoms with Crippen molar-refractivity contribution < 1.29 is 0 Å². The highest BCUT2D eigenvalue weighted by Crippen LogP contribution is 2.28. The molecule has 0 amide bonds. The van der Waals surface area contributed by atoms with Gasteiger partial charge in [-0.3, -0.25) is 0 Å². The molecule has 0 heterocycles. The molecule has 1 aliphatic carbocycles. The van der Waals surface area contributed by atoms with Gasteiger partial charge in [-0.05, 0) is 44.2 Å². The largest absolute Gasteiger partial charge is 0.314 e. The monoisotopic (exact) mass is 245 g/mol. The number of rotatable bonds is 7. The molecule has 1 aromatic rings. The lowest BCUT2D eigenvalue weighted by molar-refractivity contribution is 0.452. The predicted molar refractivity (Wildman–Crippen MR) is 78.8 cm³/mol. The summed E-state index contributed by atoms with van der Waals surface area (Å²) in [6.07, 6.45) is 9.85. The van der Waals surface area contributed by atoms with Gasteiger partial charge in [0.2, 0.25) is 0 Å². The summed E-state index contributed by atoms with van der Waals surface area (Å²) in [7, 11) is 0. The fourth-order valence-corrected chi connectivity index (χ4v) is 3.08. The molecular weight excluding hydrogens is 218 g/mol. The maximum Gasteiger partial charge on any atom is 0.00791 e. The van der Waals surface area contributed by atoms with E-state index in [-0.39, 0.29) is 0 Å². The van der Waals surface area contributed by atoms with Crippen LogP contribution >= 0.6 is 0 Å². The topological polar surface area (TPSA) is 12.0 Å². The Bertz CT molecular complexity index is 314. The van der Waals surface area contributed by atoms with Gasteiger partial charge in [-0.2, -0.15) is 0 Å². The first-order chi connectivity index (χ1) is 8.84. The summed E-state index contributed by atoms with van der Waals surface area (Å²) in [6.45, 7) is 3.48. The van der Waals surface area contributed by atoms with Crippen LogP contribution in [0.15, 0.2) is 30.3 Å². The van der Waals surface area contributed by atoms with Gasteiger partial charge < -0.3 is 5.32 Å². The maximum absolute atomic E-state index is 3.66. The Morgan fingerprint density at radius 1 is 1.17 bits per heavy atom. The minimum absolute atomic E-state index is 0.593. The third-order valence-electron chi connectivity index (χ3n) is 4.14. The molecule has 2 rings (SSSR count). The molecule has 1 nitrogen and oxygen atoms in total. The van der Waals surface area contributed by atoms with Gasteiger partial charge in [-0.25, -0.2) is 0 Å². The van der Waals surface area contributed by atoms with Crippen molar-refractivity contribution in [3.05, 3.63) is 35.9 Å². The molecule has 0 saturated heterocycles. The van der Waals surface area contributed by atoms with E-state index in [0.29, 0.717) is 6.04 Å². The van der Waals surface area contributed by atoms with Crippen LogP contribution in [-0.2, 0) is 6.42 Å². The Labute approximate surface area is 112 Å². The van der Waals surface area contributed by atoms with E-state index in [9.17, 15) is 0 Å². The van der Waals surface area contributed by atoms with Crippen LogP contribution in [0.1, 0.15) is 51.0 Å². The first-order valence-corrected chi connectivity index (χ1v) is 7.62. The van der Waals surface area contributed by atoms with E-state index < -0.39 is 0 Å². The van der Waals surface area contributed by atoms with Crippen LogP contribution in [0.4, 0.5) is 0 Å². The van der Waals surface area contributed by atoms with Crippen LogP contribution in [0.3, 0.4) is 0 Å². The molecule has 0 aromatic heterocycles. The highest BCUT2D eigenvalue weighted by Gasteiger charge is 2.14. The molecule has 0 aliphatic heterocycles. The van der Waals surface area contributed by atoms with Crippen LogP contribution in [0.5, 0.6) is 0 Å². The molecule has 1 saturated carbocycles. The van der Waals surface area contributed by atoms with Crippen molar-refractivity contribution in [3.63, 3.8) is 0 Å². The van der Waals surface area contributed by atoms with Crippen molar-refractivity contribution in [3.8, 4) is 0 Å². The quantitative estimate of drug-likeness (QED) is 0.711. The fourth-order valence-electron chi connectivity index (χ4n) is 3.08. The minimum atomic E-state index is 0.593. The predicted octanol–water partition coefficient (Wildman–Crippen LogP) is 4.18. The minimum Gasteiger partial charge on any atom is -0.314 e. The molecule has 18 heavy (non-hydrogen) atoms. The first-order valence-electron chi connectivity index (χ1n) is 7.62. The van der Waals surface area contributed by atoms with Crippen molar-refractivity contribution in [1.82, 2.24) is 5.32 Å². The third-order valence-corrected chi connectivity index (χ3v) is 4.14. The Balaban J connectivity index is 1.55. The summed E-state index contributed by atoms with van der Waals surface area (Å²) in [6, 6.07) is 11.4. The van der Waals surface area contributed by atoms with Crippen molar-refractivity contribution in [1.29, 1.82) is 0 Å². The molecule has 0 spiro atoms. The molecule has 1 atom stereocenters. The Kier molecular flexibility index (Phi) is 5.73. The van der Waals surface area contributed by atoms with E-state index >= 15 is 0 Å². The molecule has 1 aliphatic rings. The van der Waals surface area contributed by atoms with Gasteiger partial charge in [0.1, 0.15) is 0 Å². The van der Waals surface area contributed by atoms with Gasteiger partial charge in [0.05, 0.1) is 0 Å². The highest BCUT2D eigenvalue weighted by molar-refractivity contribution is 5.15. The third kappa shape index (κ3) is 4.81. The van der Waals surface area contributed by atoms with E-state index in [4.69, 9.17) is 0 Å². The molecule has 1 unspecified atom stereocenters. The summed E-state index contributed by atoms with van der Waals surface area (Å²) < 4.78 is 0. The van der Waals surface area contributed by atoms with E-state index in [2.05, 4.69) is 42.6 Å². The maximum atomic E-state index is 3.66. The second-order valence-corrected chi connectivity index (χ2v) is 5.84. The fraction of sp³-hybridized carbons (Fsp3) is 0.647. The van der Waals surface area contributed by atoms with Crippen LogP contribution in [-0.4, -0.2) is 12.6 Å². The highest BCUT2D eigenvalue weighted by atomic mass is 14.9. The zero-order chi connectivity index (χ0) is 12.6. The second-order valence-electron chi connectivity index (χ2n) is 5.84. The van der Waals surface area contributed by atoms with Crippen LogP contribution in [0.2, 0.25) is 0 Å². The molecule has 100 valence electrons. The zero-order valence-corrected chi connectivity index (χ0v) is 11.7. The SMILES string of the molecule is CC(Cc1ccccc1)NCCCC1CCCC1. The average molecular weight is 245 g/mol. The Hall–Kier alpha value is -0.820. The Morgan fingerprint density at radius 3 is 2.61 bits per heavy atom. The molecule has 0 bridgehead atoms. The van der Waals surface area contributed by atoms with Crippen molar-refractivity contribution in [2.45, 2.75) is 57.9 Å². The molecule has 1 fully saturated rings. The first kappa shape index (κ1) is 13.6. The molecule has 0 radical (unpaired) electrons. The van der Waals surface area contributed by atoms with Gasteiger partial charge in [0, 0.05) is 6.04 Å². The number of hydrogen-bond donors (Lipinski definition) is 1. The lowest BCUT2D eigenvalue weighted by atomic mass is 10.0. The van der Waals surface area contributed by atoms with Crippen molar-refractivity contribution in [2.75, 3.05) is 6.54 Å². The lowest BCUT2D eigenvalue weighted by Crippen LogP contribution is -2.29. The van der Waals surface area contributed by atoms with E-state index in [1.165, 1.54) is 50.6 Å². The number of benzene rings is 1. The van der Waals surface area contributed by atoms with Gasteiger partial charge in [0.15, 0.2) is 0 Å². The zero-order valence-electron chi connectivity index (χ0n) is 11.7. The Morgan fingerprint density at radius 2 is 1.89 bits per heavy atom. The second kappa shape index (κ2) is 7.58. The van der Waals surface area contributed by atoms with E-state index in [0.717, 1.165) is 12.3 Å². The number of hydrogen-bond acceptors (Lipinski definition) is 1. The summed E-state index contributed by atoms with van der Waals surface area (Å²) in [5, 5.41) is 3.66. The van der Waals surface area contributed by atoms with Gasteiger partial charge in [-0.15, -0.1) is 0 Å². The van der Waals surface area contributed by atoms with Crippen molar-refractivity contribution in [2.24, 2.45) is 5.92 Å². The lowest BCUT2D eigenvalue weighted by Gasteiger charge is -2.15. The molecule has 1 heteroatoms. The van der Waals surface area contributed by atoms with E-state index in [1.54, 1.807) is 0 Å². The van der Waals surface area contributed by atoms with E-state index in [1.807, 2.05) is 0 Å². The normalized spacial score (nSPS) is 18.1. The summed E-state index contributed by atoms with van der Waals surface area (Å²) in [5.41, 5.74) is 1.44. The van der Waals surface area contributed by atoms with Crippen LogP contribution < -0.4 is 5.32 Å². The van der Waals surface area contributed by atoms with Crippen molar-refractivity contribution >= 4 is 0 Å². The summed E-state index contributed by atoms with van der Waals surface area (Å²) in [4.78, 5) is 0. The van der Waals surface area contributed by atoms with Gasteiger partial charge in [-0.1, -0.05) is 56.0 Å². The summed E-state index contributed by atoms with van der Waals surface area (Å²) >= 11 is 0. The van der Waals surface area contributed by atoms with Gasteiger partial charge >= 0.3 is 0 Å². The summed E-state index contributed by atoms with van der Waals surface area (Å²) in [5.74, 6) is 1.04. The van der Waals surface area contributed by atoms with Crippen LogP contribution in [0, 0.1) is 5.92 Å². The average Bonchev–Trinajstić information content (AvgIpc) is 2.89. The standard InChI is InChI=1S/C17H27N/c1-15(14-17-10-3-2-4-11-17)18-13-7-12-16-8-5-6-9-16/h2-4,10-11,15-16,18H,5-9,12-14H2,1H3. The number of nitrogens with one attached hydrogen (secondary N) is 1. The van der Waals surface area contributed by atoms with Crippen LogP contribution in [0.25, 0.3) is 0 Å².